The van der Waals surface area contributed by atoms with Crippen molar-refractivity contribution in [3.8, 4) is 0 Å². The van der Waals surface area contributed by atoms with Gasteiger partial charge in [-0.15, -0.1) is 0 Å². The van der Waals surface area contributed by atoms with Gasteiger partial charge in [0.2, 0.25) is 5.60 Å². The lowest BCUT2D eigenvalue weighted by molar-refractivity contribution is -0.189. The van der Waals surface area contributed by atoms with E-state index in [1.54, 1.807) is 6.92 Å². The second-order valence-corrected chi connectivity index (χ2v) is 8.22. The van der Waals surface area contributed by atoms with E-state index in [-0.39, 0.29) is 28.9 Å². The zero-order valence-electron chi connectivity index (χ0n) is 17.9. The van der Waals surface area contributed by atoms with Gasteiger partial charge in [-0.2, -0.15) is 13.2 Å². The van der Waals surface area contributed by atoms with Crippen molar-refractivity contribution in [2.75, 3.05) is 6.61 Å². The fourth-order valence-electron chi connectivity index (χ4n) is 3.18. The van der Waals surface area contributed by atoms with Crippen LogP contribution < -0.4 is 0 Å². The number of carbonyl (C=O) groups excluding carboxylic acids is 2. The van der Waals surface area contributed by atoms with Gasteiger partial charge in [0, 0.05) is 29.8 Å². The first kappa shape index (κ1) is 27.5. The lowest BCUT2D eigenvalue weighted by atomic mass is 9.83. The average Bonchev–Trinajstić information content (AvgIpc) is 2.62. The van der Waals surface area contributed by atoms with Crippen LogP contribution in [0.4, 0.5) is 13.2 Å². The molecule has 0 N–H and O–H groups in total. The summed E-state index contributed by atoms with van der Waals surface area (Å²) in [6, 6.07) is 2.90. The van der Waals surface area contributed by atoms with Crippen molar-refractivity contribution >= 4 is 35.1 Å². The zero-order valence-corrected chi connectivity index (χ0v) is 19.4. The van der Waals surface area contributed by atoms with E-state index < -0.39 is 29.3 Å². The van der Waals surface area contributed by atoms with Gasteiger partial charge in [0.25, 0.3) is 0 Å². The molecule has 10 heteroatoms. The highest BCUT2D eigenvalue weighted by Gasteiger charge is 2.46. The van der Waals surface area contributed by atoms with Crippen LogP contribution in [0.2, 0.25) is 10.0 Å². The number of ether oxygens (including phenoxy) is 3. The van der Waals surface area contributed by atoms with Crippen molar-refractivity contribution in [2.24, 2.45) is 0 Å². The largest absolute Gasteiger partial charge is 0.463 e. The molecule has 2 rings (SSSR count). The predicted octanol–water partition coefficient (Wildman–Crippen LogP) is 6.23. The molecule has 1 saturated carbocycles. The number of halogens is 5. The van der Waals surface area contributed by atoms with E-state index in [1.165, 1.54) is 13.0 Å². The van der Waals surface area contributed by atoms with Crippen LogP contribution in [0.15, 0.2) is 18.2 Å². The number of hydrogen-bond donors (Lipinski definition) is 0. The Labute approximate surface area is 190 Å². The Morgan fingerprint density at radius 3 is 2.03 bits per heavy atom. The van der Waals surface area contributed by atoms with Crippen molar-refractivity contribution in [3.05, 3.63) is 33.8 Å². The minimum atomic E-state index is -4.39. The molecule has 0 spiro atoms. The monoisotopic (exact) mass is 486 g/mol. The van der Waals surface area contributed by atoms with Gasteiger partial charge in [-0.3, -0.25) is 4.79 Å². The van der Waals surface area contributed by atoms with E-state index in [4.69, 9.17) is 37.4 Å². The molecule has 1 aliphatic rings. The standard InChI is InChI=1S/C14H24O5.C7H3Cl2F3/c1-5-17-13(16)14(19-11(4)15)8-6-12(7-9-14)18-10(2)3;8-5-1-4(7(10,11)12)2-6(9)3-5/h10,12H,5-9H2,1-4H3;1-3H. The third-order valence-corrected chi connectivity index (χ3v) is 4.82. The summed E-state index contributed by atoms with van der Waals surface area (Å²) in [4.78, 5) is 23.3. The highest BCUT2D eigenvalue weighted by molar-refractivity contribution is 6.34. The first-order valence-electron chi connectivity index (χ1n) is 9.84. The van der Waals surface area contributed by atoms with Gasteiger partial charge in [-0.1, -0.05) is 23.2 Å². The molecule has 0 heterocycles. The van der Waals surface area contributed by atoms with Crippen LogP contribution in [0.25, 0.3) is 0 Å². The van der Waals surface area contributed by atoms with Crippen molar-refractivity contribution in [3.63, 3.8) is 0 Å². The second-order valence-electron chi connectivity index (χ2n) is 7.35. The number of rotatable bonds is 5. The lowest BCUT2D eigenvalue weighted by Gasteiger charge is -2.37. The van der Waals surface area contributed by atoms with E-state index in [2.05, 4.69) is 0 Å². The van der Waals surface area contributed by atoms with E-state index in [0.717, 1.165) is 12.1 Å². The predicted molar refractivity (Wildman–Crippen MR) is 111 cm³/mol. The molecule has 1 fully saturated rings. The summed E-state index contributed by atoms with van der Waals surface area (Å²) in [6.07, 6.45) is -1.79. The lowest BCUT2D eigenvalue weighted by Crippen LogP contribution is -2.48. The molecule has 0 amide bonds. The van der Waals surface area contributed by atoms with Crippen molar-refractivity contribution < 1.29 is 37.0 Å². The number of esters is 2. The third kappa shape index (κ3) is 9.25. The Hall–Kier alpha value is -1.51. The Kier molecular flexibility index (Phi) is 10.6. The molecular formula is C21H27Cl2F3O5. The van der Waals surface area contributed by atoms with Crippen molar-refractivity contribution in [2.45, 2.75) is 77.4 Å². The second kappa shape index (κ2) is 11.9. The Morgan fingerprint density at radius 1 is 1.13 bits per heavy atom. The molecule has 1 aromatic rings. The molecule has 0 bridgehead atoms. The summed E-state index contributed by atoms with van der Waals surface area (Å²) in [5, 5.41) is -0.0374. The van der Waals surface area contributed by atoms with Crippen LogP contribution in [0.5, 0.6) is 0 Å². The van der Waals surface area contributed by atoms with Crippen LogP contribution >= 0.6 is 23.2 Å². The summed E-state index contributed by atoms with van der Waals surface area (Å²) in [7, 11) is 0. The van der Waals surface area contributed by atoms with Crippen LogP contribution in [0, 0.1) is 0 Å². The van der Waals surface area contributed by atoms with E-state index in [0.29, 0.717) is 25.7 Å². The Bertz CT molecular complexity index is 725. The maximum Gasteiger partial charge on any atom is 0.416 e. The molecule has 0 unspecified atom stereocenters. The minimum Gasteiger partial charge on any atom is -0.463 e. The SMILES string of the molecule is CCOC(=O)C1(OC(C)=O)CCC(OC(C)C)CC1.FC(F)(F)c1cc(Cl)cc(Cl)c1. The zero-order chi connectivity index (χ0) is 23.8. The molecule has 0 aromatic heterocycles. The van der Waals surface area contributed by atoms with Gasteiger partial charge in [0.15, 0.2) is 0 Å². The Morgan fingerprint density at radius 2 is 1.65 bits per heavy atom. The molecule has 0 aliphatic heterocycles. The van der Waals surface area contributed by atoms with E-state index in [9.17, 15) is 22.8 Å². The summed E-state index contributed by atoms with van der Waals surface area (Å²) < 4.78 is 52.2. The first-order chi connectivity index (χ1) is 14.3. The average molecular weight is 487 g/mol. The van der Waals surface area contributed by atoms with E-state index in [1.807, 2.05) is 13.8 Å². The fourth-order valence-corrected chi connectivity index (χ4v) is 3.71. The van der Waals surface area contributed by atoms with Crippen molar-refractivity contribution in [1.82, 2.24) is 0 Å². The summed E-state index contributed by atoms with van der Waals surface area (Å²) in [5.41, 5.74) is -1.95. The van der Waals surface area contributed by atoms with Gasteiger partial charge >= 0.3 is 18.1 Å². The van der Waals surface area contributed by atoms with Gasteiger partial charge in [-0.25, -0.2) is 4.79 Å². The molecule has 176 valence electrons. The molecule has 1 aromatic carbocycles. The number of alkyl halides is 3. The van der Waals surface area contributed by atoms with E-state index >= 15 is 0 Å². The summed E-state index contributed by atoms with van der Waals surface area (Å²) >= 11 is 10.7. The molecule has 5 nitrogen and oxygen atoms in total. The molecule has 0 saturated heterocycles. The maximum atomic E-state index is 12.0. The smallest absolute Gasteiger partial charge is 0.416 e. The first-order valence-corrected chi connectivity index (χ1v) is 10.6. The van der Waals surface area contributed by atoms with Crippen molar-refractivity contribution in [1.29, 1.82) is 0 Å². The maximum absolute atomic E-state index is 12.0. The highest BCUT2D eigenvalue weighted by atomic mass is 35.5. The summed E-state index contributed by atoms with van der Waals surface area (Å²) in [6.45, 7) is 7.32. The van der Waals surface area contributed by atoms with Crippen LogP contribution in [0.3, 0.4) is 0 Å². The van der Waals surface area contributed by atoms with Crippen LogP contribution in [-0.4, -0.2) is 36.4 Å². The number of benzene rings is 1. The number of hydrogen-bond acceptors (Lipinski definition) is 5. The molecule has 0 atom stereocenters. The number of carbonyl (C=O) groups is 2. The van der Waals surface area contributed by atoms with Gasteiger partial charge in [0.1, 0.15) is 0 Å². The van der Waals surface area contributed by atoms with Gasteiger partial charge < -0.3 is 14.2 Å². The fraction of sp³-hybridized carbons (Fsp3) is 0.619. The molecule has 0 radical (unpaired) electrons. The third-order valence-electron chi connectivity index (χ3n) is 4.38. The van der Waals surface area contributed by atoms with Gasteiger partial charge in [-0.05, 0) is 51.8 Å². The topological polar surface area (TPSA) is 61.8 Å². The van der Waals surface area contributed by atoms with Crippen LogP contribution in [0.1, 0.15) is 58.9 Å². The minimum absolute atomic E-state index is 0.0187. The normalized spacial score (nSPS) is 21.2. The highest BCUT2D eigenvalue weighted by Crippen LogP contribution is 2.35. The molecule has 1 aliphatic carbocycles. The van der Waals surface area contributed by atoms with Gasteiger partial charge in [0.05, 0.1) is 24.4 Å². The quantitative estimate of drug-likeness (QED) is 0.461. The molecular weight excluding hydrogens is 460 g/mol. The van der Waals surface area contributed by atoms with Crippen LogP contribution in [-0.2, 0) is 30.0 Å². The summed E-state index contributed by atoms with van der Waals surface area (Å²) in [5.74, 6) is -0.885. The Balaban J connectivity index is 0.000000343. The molecule has 31 heavy (non-hydrogen) atoms.